The summed E-state index contributed by atoms with van der Waals surface area (Å²) >= 11 is 3.40. The molecule has 0 unspecified atom stereocenters. The maximum Gasteiger partial charge on any atom is 0.257 e. The Kier molecular flexibility index (Phi) is 3.48. The van der Waals surface area contributed by atoms with Crippen LogP contribution in [0.15, 0.2) is 16.7 Å². The van der Waals surface area contributed by atoms with E-state index in [4.69, 9.17) is 0 Å². The number of rotatable bonds is 5. The van der Waals surface area contributed by atoms with E-state index in [9.17, 15) is 4.79 Å². The van der Waals surface area contributed by atoms with Crippen molar-refractivity contribution in [2.45, 2.75) is 31.7 Å². The van der Waals surface area contributed by atoms with Gasteiger partial charge in [-0.25, -0.2) is 4.98 Å². The fourth-order valence-electron chi connectivity index (χ4n) is 2.32. The van der Waals surface area contributed by atoms with Crippen molar-refractivity contribution in [1.29, 1.82) is 0 Å². The second kappa shape index (κ2) is 5.12. The number of hydrogen-bond acceptors (Lipinski definition) is 3. The van der Waals surface area contributed by atoms with E-state index >= 15 is 0 Å². The number of anilines is 1. The molecule has 1 N–H and O–H groups in total. The van der Waals surface area contributed by atoms with Crippen LogP contribution >= 0.6 is 15.9 Å². The minimum Gasteiger partial charge on any atom is -0.372 e. The summed E-state index contributed by atoms with van der Waals surface area (Å²) in [4.78, 5) is 19.1. The van der Waals surface area contributed by atoms with Crippen LogP contribution in [-0.2, 0) is 0 Å². The molecule has 2 aliphatic rings. The molecule has 1 aromatic heterocycles. The summed E-state index contributed by atoms with van der Waals surface area (Å²) in [6.07, 6.45) is 6.55. The number of hydrogen-bond donors (Lipinski definition) is 1. The van der Waals surface area contributed by atoms with E-state index in [1.807, 2.05) is 6.07 Å². The van der Waals surface area contributed by atoms with Crippen molar-refractivity contribution in [3.63, 3.8) is 0 Å². The molecule has 2 aliphatic carbocycles. The standard InChI is InChI=1S/C14H18BrN3O/c1-16-13-12(6-10(15)7-17-13)14(19)18(11-4-5-11)8-9-2-3-9/h6-7,9,11H,2-5,8H2,1H3,(H,16,17). The lowest BCUT2D eigenvalue weighted by Gasteiger charge is -2.23. The summed E-state index contributed by atoms with van der Waals surface area (Å²) in [6.45, 7) is 0.916. The van der Waals surface area contributed by atoms with Gasteiger partial charge in [0.05, 0.1) is 5.56 Å². The number of amides is 1. The van der Waals surface area contributed by atoms with Crippen LogP contribution in [0.1, 0.15) is 36.0 Å². The van der Waals surface area contributed by atoms with Gasteiger partial charge in [0.1, 0.15) is 5.82 Å². The number of nitrogens with zero attached hydrogens (tertiary/aromatic N) is 2. The Hall–Kier alpha value is -1.10. The van der Waals surface area contributed by atoms with Crippen molar-refractivity contribution in [2.24, 2.45) is 5.92 Å². The van der Waals surface area contributed by atoms with Crippen LogP contribution in [-0.4, -0.2) is 35.4 Å². The zero-order valence-corrected chi connectivity index (χ0v) is 12.6. The molecule has 19 heavy (non-hydrogen) atoms. The lowest BCUT2D eigenvalue weighted by Crippen LogP contribution is -2.35. The predicted octanol–water partition coefficient (Wildman–Crippen LogP) is 2.90. The molecule has 0 atom stereocenters. The average Bonchev–Trinajstić information content (AvgIpc) is 3.27. The van der Waals surface area contributed by atoms with Gasteiger partial charge in [0.2, 0.25) is 0 Å². The third-order valence-corrected chi connectivity index (χ3v) is 4.16. The Labute approximate surface area is 121 Å². The van der Waals surface area contributed by atoms with E-state index in [-0.39, 0.29) is 5.91 Å². The van der Waals surface area contributed by atoms with Gasteiger partial charge in [0, 0.05) is 30.3 Å². The van der Waals surface area contributed by atoms with E-state index in [1.54, 1.807) is 13.2 Å². The maximum atomic E-state index is 12.7. The molecule has 0 radical (unpaired) electrons. The number of carbonyl (C=O) groups excluding carboxylic acids is 1. The molecule has 5 heteroatoms. The summed E-state index contributed by atoms with van der Waals surface area (Å²) in [6, 6.07) is 2.32. The van der Waals surface area contributed by atoms with Gasteiger partial charge in [-0.3, -0.25) is 4.79 Å². The smallest absolute Gasteiger partial charge is 0.257 e. The molecular formula is C14H18BrN3O. The van der Waals surface area contributed by atoms with Crippen molar-refractivity contribution in [3.8, 4) is 0 Å². The van der Waals surface area contributed by atoms with Crippen LogP contribution < -0.4 is 5.32 Å². The Bertz CT molecular complexity index is 497. The lowest BCUT2D eigenvalue weighted by molar-refractivity contribution is 0.0735. The van der Waals surface area contributed by atoms with Crippen molar-refractivity contribution < 1.29 is 4.79 Å². The lowest BCUT2D eigenvalue weighted by atomic mass is 10.2. The summed E-state index contributed by atoms with van der Waals surface area (Å²) in [5.41, 5.74) is 0.671. The van der Waals surface area contributed by atoms with Crippen LogP contribution in [0.3, 0.4) is 0 Å². The van der Waals surface area contributed by atoms with Gasteiger partial charge in [-0.05, 0) is 53.6 Å². The molecule has 1 amide bonds. The molecule has 0 bridgehead atoms. The van der Waals surface area contributed by atoms with Crippen molar-refractivity contribution in [2.75, 3.05) is 18.9 Å². The quantitative estimate of drug-likeness (QED) is 0.906. The van der Waals surface area contributed by atoms with Gasteiger partial charge < -0.3 is 10.2 Å². The second-order valence-corrected chi connectivity index (χ2v) is 6.35. The van der Waals surface area contributed by atoms with Gasteiger partial charge >= 0.3 is 0 Å². The van der Waals surface area contributed by atoms with Crippen LogP contribution in [0.4, 0.5) is 5.82 Å². The first-order valence-electron chi connectivity index (χ1n) is 6.83. The Morgan fingerprint density at radius 1 is 1.47 bits per heavy atom. The fraction of sp³-hybridized carbons (Fsp3) is 0.571. The molecule has 1 aromatic rings. The highest BCUT2D eigenvalue weighted by Crippen LogP contribution is 2.36. The Morgan fingerprint density at radius 2 is 2.21 bits per heavy atom. The van der Waals surface area contributed by atoms with Crippen molar-refractivity contribution in [3.05, 3.63) is 22.3 Å². The second-order valence-electron chi connectivity index (χ2n) is 5.43. The van der Waals surface area contributed by atoms with Crippen molar-refractivity contribution >= 4 is 27.7 Å². The predicted molar refractivity (Wildman–Crippen MR) is 78.3 cm³/mol. The number of pyridine rings is 1. The minimum absolute atomic E-state index is 0.118. The van der Waals surface area contributed by atoms with E-state index in [0.29, 0.717) is 17.4 Å². The zero-order chi connectivity index (χ0) is 13.4. The van der Waals surface area contributed by atoms with Gasteiger partial charge in [-0.2, -0.15) is 0 Å². The first-order chi connectivity index (χ1) is 9.19. The average molecular weight is 324 g/mol. The monoisotopic (exact) mass is 323 g/mol. The van der Waals surface area contributed by atoms with Crippen LogP contribution in [0, 0.1) is 5.92 Å². The van der Waals surface area contributed by atoms with Crippen LogP contribution in [0.5, 0.6) is 0 Å². The van der Waals surface area contributed by atoms with E-state index in [2.05, 4.69) is 31.1 Å². The molecule has 0 aliphatic heterocycles. The largest absolute Gasteiger partial charge is 0.372 e. The Balaban J connectivity index is 1.85. The first-order valence-corrected chi connectivity index (χ1v) is 7.62. The van der Waals surface area contributed by atoms with Gasteiger partial charge in [-0.1, -0.05) is 0 Å². The topological polar surface area (TPSA) is 45.2 Å². The highest BCUT2D eigenvalue weighted by atomic mass is 79.9. The van der Waals surface area contributed by atoms with Gasteiger partial charge in [0.25, 0.3) is 5.91 Å². The fourth-order valence-corrected chi connectivity index (χ4v) is 2.65. The third-order valence-electron chi connectivity index (χ3n) is 3.72. The van der Waals surface area contributed by atoms with E-state index in [0.717, 1.165) is 29.8 Å². The SMILES string of the molecule is CNc1ncc(Br)cc1C(=O)N(CC1CC1)C1CC1. The molecule has 2 saturated carbocycles. The molecule has 0 aromatic carbocycles. The summed E-state index contributed by atoms with van der Waals surface area (Å²) in [7, 11) is 1.80. The highest BCUT2D eigenvalue weighted by molar-refractivity contribution is 9.10. The zero-order valence-electron chi connectivity index (χ0n) is 11.0. The Morgan fingerprint density at radius 3 is 2.79 bits per heavy atom. The number of aromatic nitrogens is 1. The molecule has 1 heterocycles. The summed E-state index contributed by atoms with van der Waals surface area (Å²) in [5, 5.41) is 3.01. The number of carbonyl (C=O) groups is 1. The van der Waals surface area contributed by atoms with Crippen molar-refractivity contribution in [1.82, 2.24) is 9.88 Å². The first kappa shape index (κ1) is 12.9. The maximum absolute atomic E-state index is 12.7. The molecular weight excluding hydrogens is 306 g/mol. The molecule has 102 valence electrons. The minimum atomic E-state index is 0.118. The normalized spacial score (nSPS) is 18.2. The molecule has 0 spiro atoms. The van der Waals surface area contributed by atoms with Gasteiger partial charge in [0.15, 0.2) is 0 Å². The molecule has 0 saturated heterocycles. The van der Waals surface area contributed by atoms with Crippen LogP contribution in [0.25, 0.3) is 0 Å². The summed E-state index contributed by atoms with van der Waals surface area (Å²) < 4.78 is 0.844. The summed E-state index contributed by atoms with van der Waals surface area (Å²) in [5.74, 6) is 1.50. The number of halogens is 1. The number of nitrogens with one attached hydrogen (secondary N) is 1. The van der Waals surface area contributed by atoms with E-state index in [1.165, 1.54) is 12.8 Å². The van der Waals surface area contributed by atoms with Crippen LogP contribution in [0.2, 0.25) is 0 Å². The molecule has 3 rings (SSSR count). The van der Waals surface area contributed by atoms with Gasteiger partial charge in [-0.15, -0.1) is 0 Å². The van der Waals surface area contributed by atoms with E-state index < -0.39 is 0 Å². The highest BCUT2D eigenvalue weighted by Gasteiger charge is 2.37. The molecule has 4 nitrogen and oxygen atoms in total. The molecule has 2 fully saturated rings. The third kappa shape index (κ3) is 2.91.